The molecule has 101 valence electrons. The molecule has 0 bridgehead atoms. The van der Waals surface area contributed by atoms with Crippen molar-refractivity contribution in [3.05, 3.63) is 57.5 Å². The van der Waals surface area contributed by atoms with Gasteiger partial charge < -0.3 is 24.8 Å². The minimum Gasteiger partial charge on any atom is -1.00 e. The van der Waals surface area contributed by atoms with Crippen LogP contribution in [0, 0.1) is 0 Å². The smallest absolute Gasteiger partial charge is 1.00 e. The number of hydrogen-bond donors (Lipinski definition) is 0. The van der Waals surface area contributed by atoms with E-state index in [-0.39, 0.29) is 30.9 Å². The summed E-state index contributed by atoms with van der Waals surface area (Å²) in [7, 11) is 1.80. The number of allylic oxidation sites excluding steroid dienone is 4. The van der Waals surface area contributed by atoms with E-state index in [0.29, 0.717) is 0 Å². The zero-order chi connectivity index (χ0) is 12.1. The van der Waals surface area contributed by atoms with Crippen molar-refractivity contribution in [3.63, 3.8) is 0 Å². The predicted molar refractivity (Wildman–Crippen MR) is 66.2 cm³/mol. The third-order valence-corrected chi connectivity index (χ3v) is 3.98. The summed E-state index contributed by atoms with van der Waals surface area (Å²) in [5.74, 6) is 0. The van der Waals surface area contributed by atoms with Crippen LogP contribution < -0.4 is 24.8 Å². The zero-order valence-electron chi connectivity index (χ0n) is 10.9. The normalized spacial score (nSPS) is 14.9. The Morgan fingerprint density at radius 2 is 1.89 bits per heavy atom. The number of hydrogen-bond acceptors (Lipinski definition) is 1. The zero-order valence-corrected chi connectivity index (χ0v) is 14.0. The minimum absolute atomic E-state index is 0. The Labute approximate surface area is 139 Å². The number of benzene rings is 1. The molecule has 1 aliphatic carbocycles. The topological polar surface area (TPSA) is 9.23 Å². The summed E-state index contributed by atoms with van der Waals surface area (Å²) in [6, 6.07) is 10.5. The SMILES string of the molecule is COC(CCC1=[C]([Ti+2])CC=C1)c1ccccc1.[Cl-].[Cl-]. The molecule has 0 heterocycles. The third kappa shape index (κ3) is 5.45. The van der Waals surface area contributed by atoms with Crippen LogP contribution in [0.2, 0.25) is 0 Å². The average molecular weight is 332 g/mol. The molecule has 1 atom stereocenters. The Bertz CT molecular complexity index is 429. The average Bonchev–Trinajstić information content (AvgIpc) is 2.77. The number of rotatable bonds is 5. The monoisotopic (exact) mass is 331 g/mol. The first kappa shape index (κ1) is 19.0. The molecule has 19 heavy (non-hydrogen) atoms. The maximum absolute atomic E-state index is 5.58. The number of ether oxygens (including phenoxy) is 1. The first-order valence-corrected chi connectivity index (χ1v) is 6.77. The van der Waals surface area contributed by atoms with E-state index in [1.807, 2.05) is 6.07 Å². The first-order valence-electron chi connectivity index (χ1n) is 5.99. The van der Waals surface area contributed by atoms with E-state index >= 15 is 0 Å². The molecule has 0 spiro atoms. The molecule has 0 N–H and O–H groups in total. The molecule has 2 rings (SSSR count). The molecule has 0 amide bonds. The second-order valence-electron chi connectivity index (χ2n) is 4.28. The Kier molecular flexibility index (Phi) is 9.77. The van der Waals surface area contributed by atoms with Gasteiger partial charge in [-0.2, -0.15) is 0 Å². The van der Waals surface area contributed by atoms with Gasteiger partial charge in [-0.25, -0.2) is 0 Å². The Morgan fingerprint density at radius 3 is 2.42 bits per heavy atom. The molecule has 1 aliphatic rings. The van der Waals surface area contributed by atoms with Gasteiger partial charge in [-0.05, 0) is 0 Å². The van der Waals surface area contributed by atoms with Crippen LogP contribution in [-0.2, 0) is 25.2 Å². The first-order chi connectivity index (χ1) is 8.31. The Hall–Kier alpha value is -0.0457. The minimum atomic E-state index is 0. The summed E-state index contributed by atoms with van der Waals surface area (Å²) in [5, 5.41) is 0. The van der Waals surface area contributed by atoms with E-state index in [2.05, 4.69) is 56.9 Å². The summed E-state index contributed by atoms with van der Waals surface area (Å²) in [6.45, 7) is 0. The van der Waals surface area contributed by atoms with Crippen LogP contribution in [0.3, 0.4) is 0 Å². The van der Waals surface area contributed by atoms with E-state index < -0.39 is 0 Å². The molecule has 0 radical (unpaired) electrons. The summed E-state index contributed by atoms with van der Waals surface area (Å²) in [4.78, 5) is 0. The van der Waals surface area contributed by atoms with Gasteiger partial charge in [0.25, 0.3) is 0 Å². The van der Waals surface area contributed by atoms with Gasteiger partial charge in [-0.15, -0.1) is 0 Å². The van der Waals surface area contributed by atoms with Crippen molar-refractivity contribution in [1.29, 1.82) is 0 Å². The number of methoxy groups -OCH3 is 1. The van der Waals surface area contributed by atoms with Gasteiger partial charge in [0.15, 0.2) is 0 Å². The van der Waals surface area contributed by atoms with Crippen molar-refractivity contribution in [2.45, 2.75) is 25.4 Å². The molecule has 1 aromatic rings. The van der Waals surface area contributed by atoms with Crippen LogP contribution in [0.5, 0.6) is 0 Å². The van der Waals surface area contributed by atoms with E-state index in [9.17, 15) is 0 Å². The molecular weight excluding hydrogens is 315 g/mol. The van der Waals surface area contributed by atoms with Gasteiger partial charge in [-0.3, -0.25) is 0 Å². The van der Waals surface area contributed by atoms with Crippen molar-refractivity contribution in [1.82, 2.24) is 0 Å². The van der Waals surface area contributed by atoms with Crippen molar-refractivity contribution in [3.8, 4) is 0 Å². The van der Waals surface area contributed by atoms with Gasteiger partial charge in [0, 0.05) is 0 Å². The molecule has 4 heteroatoms. The van der Waals surface area contributed by atoms with Crippen molar-refractivity contribution in [2.75, 3.05) is 7.11 Å². The quantitative estimate of drug-likeness (QED) is 0.563. The second kappa shape index (κ2) is 9.79. The fourth-order valence-electron chi connectivity index (χ4n) is 2.16. The van der Waals surface area contributed by atoms with Gasteiger partial charge in [0.1, 0.15) is 0 Å². The van der Waals surface area contributed by atoms with Crippen LogP contribution in [0.4, 0.5) is 0 Å². The summed E-state index contributed by atoms with van der Waals surface area (Å²) >= 11 is 2.22. The molecule has 0 aliphatic heterocycles. The number of halogens is 2. The fraction of sp³-hybridized carbons (Fsp3) is 0.333. The van der Waals surface area contributed by atoms with E-state index in [1.54, 1.807) is 7.11 Å². The van der Waals surface area contributed by atoms with Crippen LogP contribution >= 0.6 is 0 Å². The third-order valence-electron chi connectivity index (χ3n) is 3.16. The van der Waals surface area contributed by atoms with Crippen LogP contribution in [0.15, 0.2) is 51.9 Å². The predicted octanol–water partition coefficient (Wildman–Crippen LogP) is -2.08. The van der Waals surface area contributed by atoms with Crippen LogP contribution in [0.1, 0.15) is 30.9 Å². The largest absolute Gasteiger partial charge is 1.00 e. The maximum atomic E-state index is 5.58. The molecule has 0 saturated carbocycles. The Balaban J connectivity index is 0.00000162. The van der Waals surface area contributed by atoms with E-state index in [1.165, 1.54) is 15.0 Å². The van der Waals surface area contributed by atoms with Gasteiger partial charge in [0.2, 0.25) is 0 Å². The molecule has 1 unspecified atom stereocenters. The van der Waals surface area contributed by atoms with Crippen molar-refractivity contribution >= 4 is 0 Å². The Morgan fingerprint density at radius 1 is 1.21 bits per heavy atom. The van der Waals surface area contributed by atoms with Gasteiger partial charge in [0.05, 0.1) is 0 Å². The molecular formula is C15H17Cl2OTi. The molecule has 0 saturated heterocycles. The summed E-state index contributed by atoms with van der Waals surface area (Å²) < 4.78 is 7.09. The summed E-state index contributed by atoms with van der Waals surface area (Å²) in [6.07, 6.45) is 8.00. The van der Waals surface area contributed by atoms with Crippen molar-refractivity contribution in [2.24, 2.45) is 0 Å². The van der Waals surface area contributed by atoms with Gasteiger partial charge >= 0.3 is 115 Å². The van der Waals surface area contributed by atoms with Crippen LogP contribution in [0.25, 0.3) is 0 Å². The molecule has 0 fully saturated rings. The van der Waals surface area contributed by atoms with Gasteiger partial charge in [-0.1, -0.05) is 0 Å². The van der Waals surface area contributed by atoms with E-state index in [0.717, 1.165) is 19.3 Å². The second-order valence-corrected chi connectivity index (χ2v) is 5.23. The molecule has 0 aromatic heterocycles. The standard InChI is InChI=1S/C15H17O.2ClH.Ti/c1-16-15(14-9-3-2-4-10-14)12-11-13-7-5-6-8-13;;;/h2-5,7,9-10,15H,6,11-12H2,1H3;2*1H;/q;;;+2/p-2. The van der Waals surface area contributed by atoms with E-state index in [4.69, 9.17) is 4.74 Å². The summed E-state index contributed by atoms with van der Waals surface area (Å²) in [5.41, 5.74) is 2.76. The maximum Gasteiger partial charge on any atom is -1.00 e. The van der Waals surface area contributed by atoms with Crippen molar-refractivity contribution < 1.29 is 50.0 Å². The fourth-order valence-corrected chi connectivity index (χ4v) is 2.67. The molecule has 1 nitrogen and oxygen atoms in total. The molecule has 1 aromatic carbocycles. The van der Waals surface area contributed by atoms with Crippen LogP contribution in [-0.4, -0.2) is 7.11 Å².